The van der Waals surface area contributed by atoms with Crippen LogP contribution < -0.4 is 5.73 Å². The third-order valence-electron chi connectivity index (χ3n) is 8.99. The molecule has 3 heteroatoms. The molecule has 3 N–H and O–H groups in total. The normalized spacial score (nSPS) is 42.3. The molecule has 3 saturated carbocycles. The maximum absolute atomic E-state index is 10.1. The molecule has 4 aliphatic rings. The summed E-state index contributed by atoms with van der Waals surface area (Å²) in [6.45, 7) is 5.94. The molecule has 8 atom stereocenters. The minimum atomic E-state index is -0.177. The van der Waals surface area contributed by atoms with Crippen LogP contribution in [0.25, 0.3) is 0 Å². The highest BCUT2D eigenvalue weighted by Crippen LogP contribution is 2.59. The summed E-state index contributed by atoms with van der Waals surface area (Å²) in [7, 11) is 0. The van der Waals surface area contributed by atoms with Crippen LogP contribution in [0, 0.1) is 29.6 Å². The fourth-order valence-corrected chi connectivity index (χ4v) is 8.13. The van der Waals surface area contributed by atoms with Gasteiger partial charge < -0.3 is 10.8 Å². The second kappa shape index (κ2) is 9.38. The van der Waals surface area contributed by atoms with Gasteiger partial charge in [0.05, 0.1) is 6.10 Å². The van der Waals surface area contributed by atoms with E-state index >= 15 is 0 Å². The smallest absolute Gasteiger partial charge is 0.0578 e. The number of hydrogen-bond acceptors (Lipinski definition) is 3. The molecule has 8 unspecified atom stereocenters. The summed E-state index contributed by atoms with van der Waals surface area (Å²) in [4.78, 5) is 0. The molecule has 0 aromatic rings. The van der Waals surface area contributed by atoms with Crippen LogP contribution in [0.2, 0.25) is 0 Å². The standard InChI is InChI=1S/C27H41NOS/c1-3-5-18(6-4-2)7-14-26(30)24-11-10-21-22(24)12-13-25-23(21)9-8-19-17-20(29)15-16-27(19,25)28/h3-6,8,20-26,29-30H,1,7,9-17,28H2,2H3/b6-4-,18-5+. The number of rotatable bonds is 6. The molecule has 0 heterocycles. The van der Waals surface area contributed by atoms with Gasteiger partial charge in [0.15, 0.2) is 0 Å². The zero-order valence-electron chi connectivity index (χ0n) is 18.7. The zero-order valence-corrected chi connectivity index (χ0v) is 19.6. The maximum atomic E-state index is 10.1. The van der Waals surface area contributed by atoms with Crippen LogP contribution in [0.3, 0.4) is 0 Å². The number of nitrogens with two attached hydrogens (primary N) is 1. The van der Waals surface area contributed by atoms with Crippen LogP contribution in [0.5, 0.6) is 0 Å². The van der Waals surface area contributed by atoms with E-state index in [0.717, 1.165) is 55.8 Å². The zero-order chi connectivity index (χ0) is 21.3. The Kier molecular flexibility index (Phi) is 7.01. The lowest BCUT2D eigenvalue weighted by molar-refractivity contribution is 0.0201. The van der Waals surface area contributed by atoms with Gasteiger partial charge in [0.1, 0.15) is 0 Å². The van der Waals surface area contributed by atoms with E-state index in [0.29, 0.717) is 11.2 Å². The third-order valence-corrected chi connectivity index (χ3v) is 9.63. The largest absolute Gasteiger partial charge is 0.393 e. The fourth-order valence-electron chi connectivity index (χ4n) is 7.63. The van der Waals surface area contributed by atoms with E-state index in [1.165, 1.54) is 43.3 Å². The molecule has 4 aliphatic carbocycles. The molecule has 0 bridgehead atoms. The van der Waals surface area contributed by atoms with E-state index in [-0.39, 0.29) is 11.6 Å². The minimum Gasteiger partial charge on any atom is -0.393 e. The first-order chi connectivity index (χ1) is 14.5. The fraction of sp³-hybridized carbons (Fsp3) is 0.704. The average Bonchev–Trinajstić information content (AvgIpc) is 3.17. The number of hydrogen-bond donors (Lipinski definition) is 3. The Morgan fingerprint density at radius 2 is 2.07 bits per heavy atom. The summed E-state index contributed by atoms with van der Waals surface area (Å²) in [6, 6.07) is 0. The topological polar surface area (TPSA) is 46.2 Å². The Balaban J connectivity index is 1.43. The summed E-state index contributed by atoms with van der Waals surface area (Å²) in [5.74, 6) is 3.78. The minimum absolute atomic E-state index is 0.136. The number of aliphatic hydroxyl groups excluding tert-OH is 1. The molecule has 0 aliphatic heterocycles. The third kappa shape index (κ3) is 4.14. The number of allylic oxidation sites excluding steroid dienone is 6. The molecule has 0 radical (unpaired) electrons. The van der Waals surface area contributed by atoms with Gasteiger partial charge in [0.2, 0.25) is 0 Å². The van der Waals surface area contributed by atoms with Crippen molar-refractivity contribution in [3.8, 4) is 0 Å². The highest BCUT2D eigenvalue weighted by atomic mass is 32.1. The molecule has 30 heavy (non-hydrogen) atoms. The second-order valence-electron chi connectivity index (χ2n) is 10.4. The van der Waals surface area contributed by atoms with E-state index in [4.69, 9.17) is 18.4 Å². The first-order valence-corrected chi connectivity index (χ1v) is 12.8. The van der Waals surface area contributed by atoms with Crippen molar-refractivity contribution in [2.24, 2.45) is 35.3 Å². The van der Waals surface area contributed by atoms with E-state index in [1.54, 1.807) is 0 Å². The summed E-state index contributed by atoms with van der Waals surface area (Å²) in [6.07, 6.45) is 22.0. The van der Waals surface area contributed by atoms with Crippen molar-refractivity contribution in [1.29, 1.82) is 0 Å². The second-order valence-corrected chi connectivity index (χ2v) is 11.1. The average molecular weight is 428 g/mol. The van der Waals surface area contributed by atoms with Crippen molar-refractivity contribution in [1.82, 2.24) is 0 Å². The van der Waals surface area contributed by atoms with Gasteiger partial charge in [0, 0.05) is 10.8 Å². The Labute approximate surface area is 189 Å². The van der Waals surface area contributed by atoms with E-state index in [9.17, 15) is 5.11 Å². The van der Waals surface area contributed by atoms with Crippen molar-refractivity contribution in [3.05, 3.63) is 48.1 Å². The van der Waals surface area contributed by atoms with Crippen molar-refractivity contribution in [2.75, 3.05) is 0 Å². The molecule has 0 aromatic heterocycles. The molecule has 2 nitrogen and oxygen atoms in total. The summed E-state index contributed by atoms with van der Waals surface area (Å²) in [5.41, 5.74) is 9.67. The molecular weight excluding hydrogens is 386 g/mol. The van der Waals surface area contributed by atoms with Gasteiger partial charge in [-0.15, -0.1) is 0 Å². The van der Waals surface area contributed by atoms with Crippen LogP contribution in [-0.4, -0.2) is 22.0 Å². The van der Waals surface area contributed by atoms with Gasteiger partial charge in [-0.05, 0) is 106 Å². The van der Waals surface area contributed by atoms with Gasteiger partial charge in [-0.1, -0.05) is 42.5 Å². The first-order valence-electron chi connectivity index (χ1n) is 12.3. The lowest BCUT2D eigenvalue weighted by Crippen LogP contribution is -2.59. The van der Waals surface area contributed by atoms with E-state index in [1.807, 2.05) is 6.08 Å². The van der Waals surface area contributed by atoms with Crippen molar-refractivity contribution in [3.63, 3.8) is 0 Å². The molecule has 166 valence electrons. The van der Waals surface area contributed by atoms with Gasteiger partial charge >= 0.3 is 0 Å². The van der Waals surface area contributed by atoms with Crippen molar-refractivity contribution in [2.45, 2.75) is 88.0 Å². The highest BCUT2D eigenvalue weighted by Gasteiger charge is 2.55. The summed E-state index contributed by atoms with van der Waals surface area (Å²) >= 11 is 5.13. The monoisotopic (exact) mass is 427 g/mol. The van der Waals surface area contributed by atoms with Crippen LogP contribution in [0.4, 0.5) is 0 Å². The molecule has 0 aromatic carbocycles. The number of thiol groups is 1. The van der Waals surface area contributed by atoms with E-state index < -0.39 is 0 Å². The molecule has 0 amide bonds. The number of fused-ring (bicyclic) bond motifs is 5. The molecular formula is C27H41NOS. The quantitative estimate of drug-likeness (QED) is 0.277. The van der Waals surface area contributed by atoms with Gasteiger partial charge in [0.25, 0.3) is 0 Å². The van der Waals surface area contributed by atoms with Crippen LogP contribution in [0.1, 0.15) is 71.1 Å². The van der Waals surface area contributed by atoms with Gasteiger partial charge in [-0.2, -0.15) is 12.6 Å². The molecule has 3 fully saturated rings. The Morgan fingerprint density at radius 3 is 2.83 bits per heavy atom. The Bertz CT molecular complexity index is 724. The lowest BCUT2D eigenvalue weighted by atomic mass is 9.53. The van der Waals surface area contributed by atoms with Crippen LogP contribution in [0.15, 0.2) is 48.1 Å². The predicted molar refractivity (Wildman–Crippen MR) is 130 cm³/mol. The predicted octanol–water partition coefficient (Wildman–Crippen LogP) is 5.99. The lowest BCUT2D eigenvalue weighted by Gasteiger charge is -2.55. The maximum Gasteiger partial charge on any atom is 0.0578 e. The van der Waals surface area contributed by atoms with Crippen LogP contribution >= 0.6 is 12.6 Å². The number of aliphatic hydroxyl groups is 1. The Hall–Kier alpha value is -0.770. The summed E-state index contributed by atoms with van der Waals surface area (Å²) < 4.78 is 0. The molecule has 0 spiro atoms. The highest BCUT2D eigenvalue weighted by molar-refractivity contribution is 7.81. The van der Waals surface area contributed by atoms with Crippen molar-refractivity contribution >= 4 is 12.6 Å². The van der Waals surface area contributed by atoms with Crippen molar-refractivity contribution < 1.29 is 5.11 Å². The van der Waals surface area contributed by atoms with Gasteiger partial charge in [-0.3, -0.25) is 0 Å². The molecule has 4 rings (SSSR count). The SMILES string of the molecule is C=C/C=C(\C=C/C)CCC(S)C1CCC2C1CCC1C2CC=C2CC(O)CCC21N. The van der Waals surface area contributed by atoms with Crippen LogP contribution in [-0.2, 0) is 0 Å². The Morgan fingerprint density at radius 1 is 1.27 bits per heavy atom. The van der Waals surface area contributed by atoms with E-state index in [2.05, 4.69) is 37.8 Å². The van der Waals surface area contributed by atoms with Gasteiger partial charge in [-0.25, -0.2) is 0 Å². The summed E-state index contributed by atoms with van der Waals surface area (Å²) in [5, 5.41) is 10.6. The molecule has 0 saturated heterocycles. The first kappa shape index (κ1) is 22.4.